The molecule has 5 nitrogen and oxygen atoms in total. The van der Waals surface area contributed by atoms with Crippen molar-refractivity contribution in [3.05, 3.63) is 28.8 Å². The second-order valence-electron chi connectivity index (χ2n) is 5.26. The summed E-state index contributed by atoms with van der Waals surface area (Å²) in [5.74, 6) is 0. The average molecular weight is 328 g/mol. The van der Waals surface area contributed by atoms with E-state index in [1.54, 1.807) is 0 Å². The zero-order chi connectivity index (χ0) is 15.6. The van der Waals surface area contributed by atoms with Crippen LogP contribution in [0.25, 0.3) is 0 Å². The van der Waals surface area contributed by atoms with E-state index in [2.05, 4.69) is 0 Å². The molecule has 1 fully saturated rings. The highest BCUT2D eigenvalue weighted by Crippen LogP contribution is 2.32. The fourth-order valence-corrected chi connectivity index (χ4v) is 5.19. The molecule has 2 unspecified atom stereocenters. The Hall–Kier alpha value is -1.13. The first-order valence-corrected chi connectivity index (χ1v) is 8.67. The van der Waals surface area contributed by atoms with Crippen LogP contribution in [0.2, 0.25) is 5.02 Å². The number of halogens is 1. The standard InChI is InChI=1S/C14H18ClN3O2S/c1-10-3-2-4-12(9-17)18(10)21(19,20)14-7-11(8-16)5-6-13(14)15/h5-7,10,12H,2-4,9,17H2,1H3. The average Bonchev–Trinajstić information content (AvgIpc) is 2.46. The van der Waals surface area contributed by atoms with Crippen LogP contribution in [0.3, 0.4) is 0 Å². The molecular formula is C14H18ClN3O2S. The molecule has 21 heavy (non-hydrogen) atoms. The van der Waals surface area contributed by atoms with Crippen molar-refractivity contribution in [3.63, 3.8) is 0 Å². The van der Waals surface area contributed by atoms with Gasteiger partial charge in [0.05, 0.1) is 16.7 Å². The molecule has 2 rings (SSSR count). The number of benzene rings is 1. The van der Waals surface area contributed by atoms with E-state index in [4.69, 9.17) is 22.6 Å². The smallest absolute Gasteiger partial charge is 0.245 e. The zero-order valence-electron chi connectivity index (χ0n) is 11.8. The molecule has 0 aromatic heterocycles. The molecule has 0 spiro atoms. The maximum Gasteiger partial charge on any atom is 0.245 e. The lowest BCUT2D eigenvalue weighted by Gasteiger charge is -2.39. The first-order chi connectivity index (χ1) is 9.91. The van der Waals surface area contributed by atoms with Gasteiger partial charge in [0.2, 0.25) is 10.0 Å². The molecule has 0 bridgehead atoms. The molecule has 0 radical (unpaired) electrons. The first-order valence-electron chi connectivity index (χ1n) is 6.85. The molecule has 1 aliphatic heterocycles. The largest absolute Gasteiger partial charge is 0.329 e. The Morgan fingerprint density at radius 3 is 2.81 bits per heavy atom. The quantitative estimate of drug-likeness (QED) is 0.921. The van der Waals surface area contributed by atoms with Crippen LogP contribution in [0.5, 0.6) is 0 Å². The fraction of sp³-hybridized carbons (Fsp3) is 0.500. The van der Waals surface area contributed by atoms with Gasteiger partial charge in [-0.25, -0.2) is 8.42 Å². The van der Waals surface area contributed by atoms with Gasteiger partial charge in [0.1, 0.15) is 4.90 Å². The molecule has 0 aliphatic carbocycles. The van der Waals surface area contributed by atoms with E-state index < -0.39 is 10.0 Å². The Kier molecular flexibility index (Phi) is 4.89. The third-order valence-corrected chi connectivity index (χ3v) is 6.39. The number of hydrogen-bond donors (Lipinski definition) is 1. The van der Waals surface area contributed by atoms with Gasteiger partial charge >= 0.3 is 0 Å². The molecule has 0 amide bonds. The Balaban J connectivity index is 2.52. The second kappa shape index (κ2) is 6.32. The van der Waals surface area contributed by atoms with Crippen LogP contribution in [-0.4, -0.2) is 31.4 Å². The van der Waals surface area contributed by atoms with Gasteiger partial charge < -0.3 is 5.73 Å². The minimum atomic E-state index is -3.77. The molecule has 7 heteroatoms. The van der Waals surface area contributed by atoms with Gasteiger partial charge in [0, 0.05) is 18.6 Å². The number of nitriles is 1. The summed E-state index contributed by atoms with van der Waals surface area (Å²) in [6, 6.07) is 5.86. The lowest BCUT2D eigenvalue weighted by atomic mass is 10.00. The normalized spacial score (nSPS) is 23.7. The Morgan fingerprint density at radius 2 is 2.19 bits per heavy atom. The van der Waals surface area contributed by atoms with Crippen molar-refractivity contribution < 1.29 is 8.42 Å². The van der Waals surface area contributed by atoms with Gasteiger partial charge in [0.25, 0.3) is 0 Å². The predicted molar refractivity (Wildman–Crippen MR) is 81.3 cm³/mol. The summed E-state index contributed by atoms with van der Waals surface area (Å²) in [7, 11) is -3.77. The summed E-state index contributed by atoms with van der Waals surface area (Å²) in [5, 5.41) is 9.08. The van der Waals surface area contributed by atoms with Crippen LogP contribution < -0.4 is 5.73 Å². The first kappa shape index (κ1) is 16.2. The van der Waals surface area contributed by atoms with Crippen molar-refractivity contribution >= 4 is 21.6 Å². The van der Waals surface area contributed by atoms with Gasteiger partial charge in [-0.3, -0.25) is 0 Å². The number of rotatable bonds is 3. The van der Waals surface area contributed by atoms with Gasteiger partial charge in [-0.1, -0.05) is 18.0 Å². The van der Waals surface area contributed by atoms with Crippen LogP contribution >= 0.6 is 11.6 Å². The number of nitrogens with zero attached hydrogens (tertiary/aromatic N) is 2. The minimum Gasteiger partial charge on any atom is -0.329 e. The Labute approximate surface area is 130 Å². The molecule has 1 heterocycles. The third kappa shape index (κ3) is 3.06. The SMILES string of the molecule is CC1CCCC(CN)N1S(=O)(=O)c1cc(C#N)ccc1Cl. The highest BCUT2D eigenvalue weighted by Gasteiger charge is 2.38. The van der Waals surface area contributed by atoms with Crippen molar-refractivity contribution in [1.29, 1.82) is 5.26 Å². The van der Waals surface area contributed by atoms with Crippen molar-refractivity contribution in [3.8, 4) is 6.07 Å². The van der Waals surface area contributed by atoms with E-state index in [0.29, 0.717) is 0 Å². The Bertz CT molecular complexity index is 669. The van der Waals surface area contributed by atoms with Gasteiger partial charge in [-0.15, -0.1) is 0 Å². The minimum absolute atomic E-state index is 0.0181. The van der Waals surface area contributed by atoms with E-state index in [1.165, 1.54) is 22.5 Å². The molecule has 0 saturated carbocycles. The summed E-state index contributed by atoms with van der Waals surface area (Å²) in [6.45, 7) is 2.15. The molecule has 2 atom stereocenters. The van der Waals surface area contributed by atoms with Crippen LogP contribution in [0, 0.1) is 11.3 Å². The van der Waals surface area contributed by atoms with Crippen LogP contribution in [-0.2, 0) is 10.0 Å². The fourth-order valence-electron chi connectivity index (χ4n) is 2.80. The maximum atomic E-state index is 12.9. The van der Waals surface area contributed by atoms with E-state index in [-0.39, 0.29) is 34.1 Å². The van der Waals surface area contributed by atoms with Gasteiger partial charge in [0.15, 0.2) is 0 Å². The van der Waals surface area contributed by atoms with Crippen LogP contribution in [0.1, 0.15) is 31.7 Å². The molecule has 1 aromatic carbocycles. The van der Waals surface area contributed by atoms with Crippen LogP contribution in [0.4, 0.5) is 0 Å². The molecule has 1 aromatic rings. The Morgan fingerprint density at radius 1 is 1.48 bits per heavy atom. The summed E-state index contributed by atoms with van der Waals surface area (Å²) < 4.78 is 27.3. The van der Waals surface area contributed by atoms with E-state index in [0.717, 1.165) is 19.3 Å². The van der Waals surface area contributed by atoms with Crippen molar-refractivity contribution in [2.24, 2.45) is 5.73 Å². The summed E-state index contributed by atoms with van der Waals surface area (Å²) in [6.07, 6.45) is 2.50. The maximum absolute atomic E-state index is 12.9. The highest BCUT2D eigenvalue weighted by molar-refractivity contribution is 7.89. The summed E-state index contributed by atoms with van der Waals surface area (Å²) in [4.78, 5) is -0.0181. The zero-order valence-corrected chi connectivity index (χ0v) is 13.4. The van der Waals surface area contributed by atoms with E-state index in [9.17, 15) is 8.42 Å². The molecule has 1 saturated heterocycles. The van der Waals surface area contributed by atoms with Gasteiger partial charge in [-0.2, -0.15) is 9.57 Å². The number of nitrogens with two attached hydrogens (primary N) is 1. The number of piperidine rings is 1. The van der Waals surface area contributed by atoms with Crippen molar-refractivity contribution in [1.82, 2.24) is 4.31 Å². The predicted octanol–water partition coefficient (Wildman–Crippen LogP) is 2.10. The molecular weight excluding hydrogens is 310 g/mol. The molecule has 1 aliphatic rings. The molecule has 114 valence electrons. The third-order valence-electron chi connectivity index (χ3n) is 3.84. The summed E-state index contributed by atoms with van der Waals surface area (Å²) in [5.41, 5.74) is 6.00. The van der Waals surface area contributed by atoms with Crippen LogP contribution in [0.15, 0.2) is 23.1 Å². The molecule has 2 N–H and O–H groups in total. The number of sulfonamides is 1. The van der Waals surface area contributed by atoms with E-state index in [1.807, 2.05) is 13.0 Å². The van der Waals surface area contributed by atoms with Gasteiger partial charge in [-0.05, 0) is 38.0 Å². The van der Waals surface area contributed by atoms with E-state index >= 15 is 0 Å². The second-order valence-corrected chi connectivity index (χ2v) is 7.48. The van der Waals surface area contributed by atoms with Crippen molar-refractivity contribution in [2.45, 2.75) is 43.2 Å². The lowest BCUT2D eigenvalue weighted by Crippen LogP contribution is -2.51. The summed E-state index contributed by atoms with van der Waals surface area (Å²) >= 11 is 6.05. The number of hydrogen-bond acceptors (Lipinski definition) is 4. The lowest BCUT2D eigenvalue weighted by molar-refractivity contribution is 0.196. The topological polar surface area (TPSA) is 87.2 Å². The van der Waals surface area contributed by atoms with Crippen molar-refractivity contribution in [2.75, 3.05) is 6.54 Å². The monoisotopic (exact) mass is 327 g/mol. The highest BCUT2D eigenvalue weighted by atomic mass is 35.5.